The Balaban J connectivity index is 2.30. The fourth-order valence-corrected chi connectivity index (χ4v) is 2.75. The Labute approximate surface area is 120 Å². The van der Waals surface area contributed by atoms with E-state index in [0.717, 1.165) is 9.37 Å². The lowest BCUT2D eigenvalue weighted by atomic mass is 10.3. The van der Waals surface area contributed by atoms with Crippen LogP contribution in [0.1, 0.15) is 0 Å². The molecule has 2 aromatic carbocycles. The van der Waals surface area contributed by atoms with Gasteiger partial charge in [-0.1, -0.05) is 27.7 Å². The van der Waals surface area contributed by atoms with E-state index in [9.17, 15) is 4.39 Å². The number of halogens is 3. The topological polar surface area (TPSA) is 26.0 Å². The average Bonchev–Trinajstić information content (AvgIpc) is 2.29. The molecule has 0 aliphatic heterocycles. The maximum atomic E-state index is 13.4. The van der Waals surface area contributed by atoms with E-state index in [1.165, 1.54) is 17.8 Å². The number of hydrogen-bond donors (Lipinski definition) is 1. The van der Waals surface area contributed by atoms with Crippen molar-refractivity contribution >= 4 is 49.3 Å². The maximum absolute atomic E-state index is 13.4. The van der Waals surface area contributed by atoms with Crippen LogP contribution in [0.5, 0.6) is 0 Å². The second-order valence-electron chi connectivity index (χ2n) is 3.36. The van der Waals surface area contributed by atoms with Crippen LogP contribution in [0.4, 0.5) is 10.1 Å². The number of nitrogen functional groups attached to an aromatic ring is 1. The lowest BCUT2D eigenvalue weighted by molar-refractivity contribution is 0.618. The lowest BCUT2D eigenvalue weighted by Crippen LogP contribution is -1.90. The van der Waals surface area contributed by atoms with Crippen molar-refractivity contribution in [3.8, 4) is 0 Å². The molecule has 2 N–H and O–H groups in total. The van der Waals surface area contributed by atoms with Gasteiger partial charge < -0.3 is 5.73 Å². The van der Waals surface area contributed by atoms with E-state index in [4.69, 9.17) is 5.73 Å². The van der Waals surface area contributed by atoms with E-state index >= 15 is 0 Å². The largest absolute Gasteiger partial charge is 0.398 e. The second kappa shape index (κ2) is 5.42. The molecule has 0 heterocycles. The van der Waals surface area contributed by atoms with Crippen LogP contribution in [0.2, 0.25) is 0 Å². The molecule has 0 bridgehead atoms. The minimum Gasteiger partial charge on any atom is -0.398 e. The van der Waals surface area contributed by atoms with Crippen molar-refractivity contribution in [3.05, 3.63) is 51.2 Å². The first kappa shape index (κ1) is 12.9. The van der Waals surface area contributed by atoms with Crippen molar-refractivity contribution in [1.82, 2.24) is 0 Å². The molecule has 0 aromatic heterocycles. The van der Waals surface area contributed by atoms with Gasteiger partial charge >= 0.3 is 0 Å². The highest BCUT2D eigenvalue weighted by Crippen LogP contribution is 2.35. The van der Waals surface area contributed by atoms with Gasteiger partial charge in [-0.15, -0.1) is 0 Å². The summed E-state index contributed by atoms with van der Waals surface area (Å²) in [5.41, 5.74) is 6.40. The van der Waals surface area contributed by atoms with E-state index in [-0.39, 0.29) is 5.82 Å². The van der Waals surface area contributed by atoms with Crippen molar-refractivity contribution in [2.45, 2.75) is 9.79 Å². The lowest BCUT2D eigenvalue weighted by Gasteiger charge is -2.07. The molecule has 0 atom stereocenters. The zero-order valence-electron chi connectivity index (χ0n) is 8.58. The average molecular weight is 377 g/mol. The van der Waals surface area contributed by atoms with Gasteiger partial charge in [-0.3, -0.25) is 0 Å². The molecule has 0 aliphatic carbocycles. The Morgan fingerprint density at radius 2 is 1.71 bits per heavy atom. The Morgan fingerprint density at radius 1 is 1.06 bits per heavy atom. The monoisotopic (exact) mass is 375 g/mol. The Hall–Kier alpha value is -0.520. The van der Waals surface area contributed by atoms with Crippen LogP contribution in [0.15, 0.2) is 55.1 Å². The number of anilines is 1. The van der Waals surface area contributed by atoms with Crippen molar-refractivity contribution in [1.29, 1.82) is 0 Å². The normalized spacial score (nSPS) is 10.5. The summed E-state index contributed by atoms with van der Waals surface area (Å²) in [5.74, 6) is -0.307. The number of hydrogen-bond acceptors (Lipinski definition) is 2. The number of nitrogens with two attached hydrogens (primary N) is 1. The van der Waals surface area contributed by atoms with Gasteiger partial charge in [0.15, 0.2) is 0 Å². The zero-order chi connectivity index (χ0) is 12.4. The quantitative estimate of drug-likeness (QED) is 0.739. The first-order valence-electron chi connectivity index (χ1n) is 4.74. The van der Waals surface area contributed by atoms with Crippen LogP contribution in [0, 0.1) is 5.82 Å². The molecule has 0 radical (unpaired) electrons. The van der Waals surface area contributed by atoms with E-state index in [2.05, 4.69) is 31.9 Å². The molecule has 1 nitrogen and oxygen atoms in total. The van der Waals surface area contributed by atoms with E-state index in [0.29, 0.717) is 15.1 Å². The van der Waals surface area contributed by atoms with Crippen molar-refractivity contribution in [3.63, 3.8) is 0 Å². The molecule has 0 saturated heterocycles. The van der Waals surface area contributed by atoms with Crippen molar-refractivity contribution < 1.29 is 4.39 Å². The maximum Gasteiger partial charge on any atom is 0.138 e. The molecule has 17 heavy (non-hydrogen) atoms. The van der Waals surface area contributed by atoms with Gasteiger partial charge in [0.2, 0.25) is 0 Å². The van der Waals surface area contributed by atoms with Gasteiger partial charge in [0.25, 0.3) is 0 Å². The van der Waals surface area contributed by atoms with Crippen LogP contribution in [-0.2, 0) is 0 Å². The summed E-state index contributed by atoms with van der Waals surface area (Å²) in [7, 11) is 0. The highest BCUT2D eigenvalue weighted by Gasteiger charge is 2.07. The van der Waals surface area contributed by atoms with Gasteiger partial charge in [0.05, 0.1) is 4.47 Å². The smallest absolute Gasteiger partial charge is 0.138 e. The Morgan fingerprint density at radius 3 is 2.35 bits per heavy atom. The molecule has 0 saturated carbocycles. The van der Waals surface area contributed by atoms with Gasteiger partial charge in [-0.05, 0) is 52.3 Å². The number of rotatable bonds is 2. The summed E-state index contributed by atoms with van der Waals surface area (Å²) in [6.45, 7) is 0. The summed E-state index contributed by atoms with van der Waals surface area (Å²) in [6, 6.07) is 10.8. The van der Waals surface area contributed by atoms with E-state index < -0.39 is 0 Å². The summed E-state index contributed by atoms with van der Waals surface area (Å²) >= 11 is 7.91. The fraction of sp³-hybridized carbons (Fsp3) is 0. The minimum absolute atomic E-state index is 0.307. The minimum atomic E-state index is -0.307. The SMILES string of the molecule is Nc1cc(Br)c(F)cc1Sc1ccc(Br)cc1. The second-order valence-corrected chi connectivity index (χ2v) is 6.25. The first-order chi connectivity index (χ1) is 8.06. The predicted octanol–water partition coefficient (Wildman–Crippen LogP) is 5.08. The summed E-state index contributed by atoms with van der Waals surface area (Å²) in [5, 5.41) is 0. The number of benzene rings is 2. The van der Waals surface area contributed by atoms with Crippen LogP contribution < -0.4 is 5.73 Å². The predicted molar refractivity (Wildman–Crippen MR) is 76.8 cm³/mol. The molecule has 88 valence electrons. The highest BCUT2D eigenvalue weighted by atomic mass is 79.9. The van der Waals surface area contributed by atoms with Gasteiger partial charge in [0, 0.05) is 20.0 Å². The van der Waals surface area contributed by atoms with Crippen molar-refractivity contribution in [2.24, 2.45) is 0 Å². The molecule has 0 aliphatic rings. The molecule has 2 rings (SSSR count). The Kier molecular flexibility index (Phi) is 4.12. The third-order valence-corrected chi connectivity index (χ3v) is 4.31. The van der Waals surface area contributed by atoms with Crippen LogP contribution in [0.25, 0.3) is 0 Å². The summed E-state index contributed by atoms with van der Waals surface area (Å²) in [4.78, 5) is 1.73. The molecule has 0 unspecified atom stereocenters. The standard InChI is InChI=1S/C12H8Br2FNS/c13-7-1-3-8(4-2-7)17-12-6-10(15)9(14)5-11(12)16/h1-6H,16H2. The molecular formula is C12H8Br2FNS. The molecule has 2 aromatic rings. The summed E-state index contributed by atoms with van der Waals surface area (Å²) < 4.78 is 14.8. The molecular weight excluding hydrogens is 369 g/mol. The zero-order valence-corrected chi connectivity index (χ0v) is 12.6. The molecule has 5 heteroatoms. The fourth-order valence-electron chi connectivity index (χ4n) is 1.26. The van der Waals surface area contributed by atoms with Gasteiger partial charge in [0.1, 0.15) is 5.82 Å². The molecule has 0 spiro atoms. The molecule has 0 fully saturated rings. The third-order valence-electron chi connectivity index (χ3n) is 2.09. The van der Waals surface area contributed by atoms with Crippen LogP contribution in [-0.4, -0.2) is 0 Å². The third kappa shape index (κ3) is 3.24. The highest BCUT2D eigenvalue weighted by molar-refractivity contribution is 9.10. The molecule has 0 amide bonds. The van der Waals surface area contributed by atoms with Crippen molar-refractivity contribution in [2.75, 3.05) is 5.73 Å². The first-order valence-corrected chi connectivity index (χ1v) is 7.14. The van der Waals surface area contributed by atoms with E-state index in [1.54, 1.807) is 6.07 Å². The summed E-state index contributed by atoms with van der Waals surface area (Å²) in [6.07, 6.45) is 0. The van der Waals surface area contributed by atoms with E-state index in [1.807, 2.05) is 24.3 Å². The van der Waals surface area contributed by atoms with Gasteiger partial charge in [-0.25, -0.2) is 4.39 Å². The van der Waals surface area contributed by atoms with Crippen LogP contribution >= 0.6 is 43.6 Å². The van der Waals surface area contributed by atoms with Gasteiger partial charge in [-0.2, -0.15) is 0 Å². The van der Waals surface area contributed by atoms with Crippen LogP contribution in [0.3, 0.4) is 0 Å². The Bertz CT molecular complexity index is 543.